The summed E-state index contributed by atoms with van der Waals surface area (Å²) >= 11 is 0. The highest BCUT2D eigenvalue weighted by Crippen LogP contribution is 2.35. The van der Waals surface area contributed by atoms with Gasteiger partial charge in [0.25, 0.3) is 0 Å². The minimum atomic E-state index is 0.552. The van der Waals surface area contributed by atoms with E-state index in [4.69, 9.17) is 5.73 Å². The minimum absolute atomic E-state index is 0.552. The van der Waals surface area contributed by atoms with Crippen LogP contribution >= 0.6 is 0 Å². The number of nitrogens with zero attached hydrogens (tertiary/aromatic N) is 4. The van der Waals surface area contributed by atoms with E-state index < -0.39 is 0 Å². The third-order valence-corrected chi connectivity index (χ3v) is 4.34. The van der Waals surface area contributed by atoms with Crippen LogP contribution in [0.5, 0.6) is 0 Å². The van der Waals surface area contributed by atoms with Gasteiger partial charge < -0.3 is 11.1 Å². The van der Waals surface area contributed by atoms with Gasteiger partial charge in [-0.3, -0.25) is 4.68 Å². The van der Waals surface area contributed by atoms with Gasteiger partial charge in [-0.25, -0.2) is 9.97 Å². The zero-order chi connectivity index (χ0) is 18.8. The second kappa shape index (κ2) is 7.00. The number of benzene rings is 2. The number of fused-ring (bicyclic) bond motifs is 2. The van der Waals surface area contributed by atoms with E-state index in [0.29, 0.717) is 11.8 Å². The van der Waals surface area contributed by atoms with E-state index in [1.165, 1.54) is 5.56 Å². The highest BCUT2D eigenvalue weighted by atomic mass is 15.3. The van der Waals surface area contributed by atoms with Crippen LogP contribution < -0.4 is 11.1 Å². The number of rotatable bonds is 2. The summed E-state index contributed by atoms with van der Waals surface area (Å²) < 4.78 is 1.85. The molecule has 2 heterocycles. The first-order valence-corrected chi connectivity index (χ1v) is 8.75. The van der Waals surface area contributed by atoms with E-state index in [-0.39, 0.29) is 0 Å². The van der Waals surface area contributed by atoms with Gasteiger partial charge >= 0.3 is 0 Å². The van der Waals surface area contributed by atoms with Gasteiger partial charge in [0.15, 0.2) is 5.82 Å². The molecule has 0 atom stereocenters. The van der Waals surface area contributed by atoms with Crippen molar-refractivity contribution in [3.05, 3.63) is 42.1 Å². The molecule has 0 fully saturated rings. The maximum absolute atomic E-state index is 6.04. The standard InChI is InChI=1S/C18H18N6.C2H6/c1-10-4-6-13-16(24(3)23-17(13)19)15(10)11-5-7-14-12(8-11)9-21-18(20-2)22-14;1-2/h4-9H,1-3H3,(H2,19,23)(H,20,21,22);1-2H3. The lowest BCUT2D eigenvalue weighted by molar-refractivity contribution is 0.802. The summed E-state index contributed by atoms with van der Waals surface area (Å²) in [6.45, 7) is 6.10. The van der Waals surface area contributed by atoms with Gasteiger partial charge in [0, 0.05) is 36.6 Å². The van der Waals surface area contributed by atoms with Crippen LogP contribution in [0.3, 0.4) is 0 Å². The molecule has 0 aliphatic rings. The predicted octanol–water partition coefficient (Wildman–Crippen LogP) is 4.14. The van der Waals surface area contributed by atoms with Crippen LogP contribution in [0.4, 0.5) is 11.8 Å². The molecule has 3 N–H and O–H groups in total. The first-order valence-electron chi connectivity index (χ1n) is 8.75. The van der Waals surface area contributed by atoms with Gasteiger partial charge in [0.2, 0.25) is 5.95 Å². The van der Waals surface area contributed by atoms with Crippen LogP contribution in [0, 0.1) is 6.92 Å². The van der Waals surface area contributed by atoms with Crippen molar-refractivity contribution in [2.45, 2.75) is 20.8 Å². The van der Waals surface area contributed by atoms with Gasteiger partial charge in [0.05, 0.1) is 11.0 Å². The van der Waals surface area contributed by atoms with E-state index in [0.717, 1.165) is 32.9 Å². The van der Waals surface area contributed by atoms with Crippen molar-refractivity contribution in [1.29, 1.82) is 0 Å². The Hall–Kier alpha value is -3.15. The normalized spacial score (nSPS) is 10.7. The molecular weight excluding hydrogens is 324 g/mol. The topological polar surface area (TPSA) is 81.6 Å². The zero-order valence-corrected chi connectivity index (χ0v) is 15.8. The molecule has 2 aromatic carbocycles. The Morgan fingerprint density at radius 3 is 2.62 bits per heavy atom. The molecule has 6 heteroatoms. The molecule has 4 rings (SSSR count). The van der Waals surface area contributed by atoms with Crippen LogP contribution in [-0.2, 0) is 7.05 Å². The Morgan fingerprint density at radius 2 is 1.88 bits per heavy atom. The number of hydrogen-bond acceptors (Lipinski definition) is 5. The molecule has 0 radical (unpaired) electrons. The summed E-state index contributed by atoms with van der Waals surface area (Å²) in [4.78, 5) is 8.78. The molecular formula is C20H24N6. The average Bonchev–Trinajstić information content (AvgIpc) is 2.96. The molecule has 6 nitrogen and oxygen atoms in total. The summed E-state index contributed by atoms with van der Waals surface area (Å²) in [5, 5.41) is 9.30. The highest BCUT2D eigenvalue weighted by Gasteiger charge is 2.14. The lowest BCUT2D eigenvalue weighted by Gasteiger charge is -2.10. The molecule has 0 saturated carbocycles. The highest BCUT2D eigenvalue weighted by molar-refractivity contribution is 6.02. The lowest BCUT2D eigenvalue weighted by atomic mass is 9.96. The van der Waals surface area contributed by atoms with Gasteiger partial charge in [-0.2, -0.15) is 5.10 Å². The maximum atomic E-state index is 6.04. The average molecular weight is 348 g/mol. The molecule has 26 heavy (non-hydrogen) atoms. The van der Waals surface area contributed by atoms with Crippen molar-refractivity contribution in [2.24, 2.45) is 7.05 Å². The van der Waals surface area contributed by atoms with Crippen LogP contribution in [0.1, 0.15) is 19.4 Å². The summed E-state index contributed by atoms with van der Waals surface area (Å²) in [5.41, 5.74) is 11.4. The lowest BCUT2D eigenvalue weighted by Crippen LogP contribution is -1.96. The maximum Gasteiger partial charge on any atom is 0.222 e. The smallest absolute Gasteiger partial charge is 0.222 e. The second-order valence-electron chi connectivity index (χ2n) is 5.88. The number of nitrogen functional groups attached to an aromatic ring is 1. The fourth-order valence-corrected chi connectivity index (χ4v) is 3.17. The summed E-state index contributed by atoms with van der Waals surface area (Å²) in [6, 6.07) is 10.3. The van der Waals surface area contributed by atoms with E-state index in [1.54, 1.807) is 0 Å². The van der Waals surface area contributed by atoms with E-state index >= 15 is 0 Å². The fraction of sp³-hybridized carbons (Fsp3) is 0.250. The number of nitrogens with one attached hydrogen (secondary N) is 1. The Kier molecular flexibility index (Phi) is 4.75. The number of aromatic nitrogens is 4. The Balaban J connectivity index is 0.000000948. The summed E-state index contributed by atoms with van der Waals surface area (Å²) in [6.07, 6.45) is 1.84. The summed E-state index contributed by atoms with van der Waals surface area (Å²) in [7, 11) is 3.73. The van der Waals surface area contributed by atoms with E-state index in [2.05, 4.69) is 45.5 Å². The molecule has 0 aliphatic heterocycles. The number of anilines is 2. The molecule has 2 aromatic heterocycles. The van der Waals surface area contributed by atoms with Crippen molar-refractivity contribution >= 4 is 33.6 Å². The fourth-order valence-electron chi connectivity index (χ4n) is 3.17. The molecule has 0 spiro atoms. The third kappa shape index (κ3) is 2.83. The first-order chi connectivity index (χ1) is 12.6. The first kappa shape index (κ1) is 17.7. The number of hydrogen-bond donors (Lipinski definition) is 2. The van der Waals surface area contributed by atoms with Gasteiger partial charge in [-0.1, -0.05) is 26.0 Å². The molecule has 4 aromatic rings. The van der Waals surface area contributed by atoms with Crippen LogP contribution in [0.25, 0.3) is 32.9 Å². The van der Waals surface area contributed by atoms with E-state index in [9.17, 15) is 0 Å². The quantitative estimate of drug-likeness (QED) is 0.569. The second-order valence-corrected chi connectivity index (χ2v) is 5.88. The molecule has 0 unspecified atom stereocenters. The SMILES string of the molecule is CC.CNc1ncc2cc(-c3c(C)ccc4c(N)nn(C)c34)ccc2n1. The van der Waals surface area contributed by atoms with E-state index in [1.807, 2.05) is 51.0 Å². The van der Waals surface area contributed by atoms with Gasteiger partial charge in [-0.15, -0.1) is 0 Å². The van der Waals surface area contributed by atoms with Crippen molar-refractivity contribution in [2.75, 3.05) is 18.1 Å². The van der Waals surface area contributed by atoms with Crippen molar-refractivity contribution in [1.82, 2.24) is 19.7 Å². The van der Waals surface area contributed by atoms with Crippen LogP contribution in [0.2, 0.25) is 0 Å². The molecule has 0 saturated heterocycles. The minimum Gasteiger partial charge on any atom is -0.382 e. The van der Waals surface area contributed by atoms with Crippen LogP contribution in [-0.4, -0.2) is 26.8 Å². The molecule has 0 bridgehead atoms. The molecule has 0 aliphatic carbocycles. The Bertz CT molecular complexity index is 1080. The third-order valence-electron chi connectivity index (χ3n) is 4.34. The van der Waals surface area contributed by atoms with Gasteiger partial charge in [0.1, 0.15) is 0 Å². The molecule has 134 valence electrons. The number of aryl methyl sites for hydroxylation is 2. The monoisotopic (exact) mass is 348 g/mol. The van der Waals surface area contributed by atoms with Crippen molar-refractivity contribution in [3.63, 3.8) is 0 Å². The predicted molar refractivity (Wildman–Crippen MR) is 109 cm³/mol. The number of nitrogens with two attached hydrogens (primary N) is 1. The van der Waals surface area contributed by atoms with Crippen LogP contribution in [0.15, 0.2) is 36.5 Å². The zero-order valence-electron chi connectivity index (χ0n) is 15.8. The molecule has 0 amide bonds. The van der Waals surface area contributed by atoms with Gasteiger partial charge in [-0.05, 0) is 36.2 Å². The van der Waals surface area contributed by atoms with Crippen molar-refractivity contribution in [3.8, 4) is 11.1 Å². The summed E-state index contributed by atoms with van der Waals surface area (Å²) in [5.74, 6) is 1.17. The Labute approximate surface area is 153 Å². The van der Waals surface area contributed by atoms with Crippen molar-refractivity contribution < 1.29 is 0 Å². The largest absolute Gasteiger partial charge is 0.382 e. The Morgan fingerprint density at radius 1 is 1.12 bits per heavy atom.